The predicted octanol–water partition coefficient (Wildman–Crippen LogP) is 2.16. The van der Waals surface area contributed by atoms with E-state index in [9.17, 15) is 0 Å². The van der Waals surface area contributed by atoms with Gasteiger partial charge in [-0.1, -0.05) is 6.92 Å². The Morgan fingerprint density at radius 3 is 3.21 bits per heavy atom. The molecule has 78 valence electrons. The molecule has 0 spiro atoms. The lowest BCUT2D eigenvalue weighted by atomic mass is 9.96. The fourth-order valence-corrected chi connectivity index (χ4v) is 3.43. The Bertz CT molecular complexity index is 260. The number of rotatable bonds is 4. The molecule has 0 saturated carbocycles. The SMILES string of the molecule is CCNC1CSCC1Cc1ccoc1. The lowest BCUT2D eigenvalue weighted by Gasteiger charge is -2.18. The smallest absolute Gasteiger partial charge is 0.0934 e. The number of nitrogens with one attached hydrogen (secondary N) is 1. The first-order chi connectivity index (χ1) is 6.90. The third-order valence-electron chi connectivity index (χ3n) is 2.74. The van der Waals surface area contributed by atoms with Crippen molar-refractivity contribution in [1.29, 1.82) is 0 Å². The molecule has 0 amide bonds. The maximum Gasteiger partial charge on any atom is 0.0934 e. The van der Waals surface area contributed by atoms with E-state index in [1.807, 2.05) is 6.26 Å². The van der Waals surface area contributed by atoms with Crippen molar-refractivity contribution in [2.75, 3.05) is 18.1 Å². The quantitative estimate of drug-likeness (QED) is 0.826. The van der Waals surface area contributed by atoms with Crippen LogP contribution in [0.1, 0.15) is 12.5 Å². The topological polar surface area (TPSA) is 25.2 Å². The van der Waals surface area contributed by atoms with Gasteiger partial charge in [-0.25, -0.2) is 0 Å². The predicted molar refractivity (Wildman–Crippen MR) is 60.7 cm³/mol. The Labute approximate surface area is 89.4 Å². The van der Waals surface area contributed by atoms with E-state index in [0.29, 0.717) is 6.04 Å². The average Bonchev–Trinajstić information content (AvgIpc) is 2.80. The van der Waals surface area contributed by atoms with Crippen molar-refractivity contribution < 1.29 is 4.42 Å². The van der Waals surface area contributed by atoms with Gasteiger partial charge in [-0.2, -0.15) is 11.8 Å². The number of hydrogen-bond donors (Lipinski definition) is 1. The first kappa shape index (κ1) is 10.1. The molecule has 1 fully saturated rings. The molecule has 1 saturated heterocycles. The molecule has 1 aromatic rings. The molecule has 1 aliphatic heterocycles. The van der Waals surface area contributed by atoms with E-state index in [-0.39, 0.29) is 0 Å². The highest BCUT2D eigenvalue weighted by molar-refractivity contribution is 7.99. The van der Waals surface area contributed by atoms with Crippen molar-refractivity contribution in [3.8, 4) is 0 Å². The Morgan fingerprint density at radius 2 is 2.50 bits per heavy atom. The van der Waals surface area contributed by atoms with Crippen molar-refractivity contribution in [3.63, 3.8) is 0 Å². The fraction of sp³-hybridized carbons (Fsp3) is 0.636. The van der Waals surface area contributed by atoms with Crippen LogP contribution in [-0.2, 0) is 6.42 Å². The summed E-state index contributed by atoms with van der Waals surface area (Å²) >= 11 is 2.06. The molecule has 1 aromatic heterocycles. The summed E-state index contributed by atoms with van der Waals surface area (Å²) in [7, 11) is 0. The molecular formula is C11H17NOS. The van der Waals surface area contributed by atoms with Crippen LogP contribution in [-0.4, -0.2) is 24.1 Å². The van der Waals surface area contributed by atoms with E-state index in [1.165, 1.54) is 17.1 Å². The van der Waals surface area contributed by atoms with Crippen molar-refractivity contribution in [2.45, 2.75) is 19.4 Å². The summed E-state index contributed by atoms with van der Waals surface area (Å²) < 4.78 is 5.09. The second-order valence-electron chi connectivity index (χ2n) is 3.80. The molecule has 2 nitrogen and oxygen atoms in total. The molecule has 2 heterocycles. The average molecular weight is 211 g/mol. The van der Waals surface area contributed by atoms with E-state index in [0.717, 1.165) is 18.9 Å². The Morgan fingerprint density at radius 1 is 1.57 bits per heavy atom. The van der Waals surface area contributed by atoms with Crippen LogP contribution < -0.4 is 5.32 Å². The minimum absolute atomic E-state index is 0.694. The first-order valence-electron chi connectivity index (χ1n) is 5.22. The number of thioether (sulfide) groups is 1. The molecular weight excluding hydrogens is 194 g/mol. The van der Waals surface area contributed by atoms with Crippen molar-refractivity contribution in [1.82, 2.24) is 5.32 Å². The molecule has 2 atom stereocenters. The van der Waals surface area contributed by atoms with Crippen LogP contribution in [0.4, 0.5) is 0 Å². The minimum atomic E-state index is 0.694. The lowest BCUT2D eigenvalue weighted by Crippen LogP contribution is -2.36. The van der Waals surface area contributed by atoms with Crippen LogP contribution in [0.3, 0.4) is 0 Å². The number of hydrogen-bond acceptors (Lipinski definition) is 3. The normalized spacial score (nSPS) is 26.9. The first-order valence-corrected chi connectivity index (χ1v) is 6.38. The molecule has 1 N–H and O–H groups in total. The highest BCUT2D eigenvalue weighted by Gasteiger charge is 2.27. The van der Waals surface area contributed by atoms with Gasteiger partial charge in [0.25, 0.3) is 0 Å². The van der Waals surface area contributed by atoms with Gasteiger partial charge in [-0.15, -0.1) is 0 Å². The molecule has 0 aromatic carbocycles. The van der Waals surface area contributed by atoms with Crippen LogP contribution in [0.5, 0.6) is 0 Å². The summed E-state index contributed by atoms with van der Waals surface area (Å²) in [6.07, 6.45) is 4.78. The second kappa shape index (κ2) is 4.89. The van der Waals surface area contributed by atoms with Crippen LogP contribution in [0.15, 0.2) is 23.0 Å². The van der Waals surface area contributed by atoms with Crippen molar-refractivity contribution >= 4 is 11.8 Å². The van der Waals surface area contributed by atoms with Crippen molar-refractivity contribution in [2.24, 2.45) is 5.92 Å². The summed E-state index contributed by atoms with van der Waals surface area (Å²) in [5.41, 5.74) is 1.33. The molecule has 0 radical (unpaired) electrons. The maximum atomic E-state index is 5.09. The summed E-state index contributed by atoms with van der Waals surface area (Å²) in [5, 5.41) is 3.56. The third kappa shape index (κ3) is 2.34. The summed E-state index contributed by atoms with van der Waals surface area (Å²) in [5.74, 6) is 3.32. The van der Waals surface area contributed by atoms with Gasteiger partial charge in [0.1, 0.15) is 0 Å². The molecule has 0 aliphatic carbocycles. The molecule has 3 heteroatoms. The third-order valence-corrected chi connectivity index (χ3v) is 4.00. The molecule has 14 heavy (non-hydrogen) atoms. The van der Waals surface area contributed by atoms with Gasteiger partial charge < -0.3 is 9.73 Å². The highest BCUT2D eigenvalue weighted by Crippen LogP contribution is 2.27. The maximum absolute atomic E-state index is 5.09. The van der Waals surface area contributed by atoms with Gasteiger partial charge in [0, 0.05) is 11.8 Å². The van der Waals surface area contributed by atoms with Gasteiger partial charge in [-0.05, 0) is 36.3 Å². The second-order valence-corrected chi connectivity index (χ2v) is 4.87. The highest BCUT2D eigenvalue weighted by atomic mass is 32.2. The van der Waals surface area contributed by atoms with Crippen LogP contribution in [0.25, 0.3) is 0 Å². The van der Waals surface area contributed by atoms with Crippen LogP contribution in [0, 0.1) is 5.92 Å². The van der Waals surface area contributed by atoms with Gasteiger partial charge in [0.15, 0.2) is 0 Å². The molecule has 2 rings (SSSR count). The zero-order valence-electron chi connectivity index (χ0n) is 8.53. The van der Waals surface area contributed by atoms with Crippen LogP contribution >= 0.6 is 11.8 Å². The van der Waals surface area contributed by atoms with E-state index < -0.39 is 0 Å². The summed E-state index contributed by atoms with van der Waals surface area (Å²) in [4.78, 5) is 0. The van der Waals surface area contributed by atoms with Gasteiger partial charge >= 0.3 is 0 Å². The van der Waals surface area contributed by atoms with Crippen molar-refractivity contribution in [3.05, 3.63) is 24.2 Å². The summed E-state index contributed by atoms with van der Waals surface area (Å²) in [6.45, 7) is 3.25. The molecule has 0 bridgehead atoms. The van der Waals surface area contributed by atoms with Gasteiger partial charge in [-0.3, -0.25) is 0 Å². The van der Waals surface area contributed by atoms with Gasteiger partial charge in [0.05, 0.1) is 12.5 Å². The lowest BCUT2D eigenvalue weighted by molar-refractivity contribution is 0.432. The van der Waals surface area contributed by atoms with E-state index in [4.69, 9.17) is 4.42 Å². The standard InChI is InChI=1S/C11H17NOS/c1-2-12-11-8-14-7-10(11)5-9-3-4-13-6-9/h3-4,6,10-12H,2,5,7-8H2,1H3. The number of furan rings is 1. The Kier molecular flexibility index (Phi) is 3.54. The van der Waals surface area contributed by atoms with Crippen LogP contribution in [0.2, 0.25) is 0 Å². The largest absolute Gasteiger partial charge is 0.472 e. The zero-order chi connectivity index (χ0) is 9.80. The fourth-order valence-electron chi connectivity index (χ4n) is 2.00. The minimum Gasteiger partial charge on any atom is -0.472 e. The Hall–Kier alpha value is -0.410. The van der Waals surface area contributed by atoms with E-state index in [2.05, 4.69) is 30.1 Å². The monoisotopic (exact) mass is 211 g/mol. The zero-order valence-corrected chi connectivity index (χ0v) is 9.35. The van der Waals surface area contributed by atoms with E-state index >= 15 is 0 Å². The van der Waals surface area contributed by atoms with E-state index in [1.54, 1.807) is 6.26 Å². The summed E-state index contributed by atoms with van der Waals surface area (Å²) in [6, 6.07) is 2.77. The van der Waals surface area contributed by atoms with Gasteiger partial charge in [0.2, 0.25) is 0 Å². The molecule has 1 aliphatic rings. The molecule has 2 unspecified atom stereocenters. The Balaban J connectivity index is 1.90.